The minimum atomic E-state index is -0.228. The molecule has 0 bridgehead atoms. The van der Waals surface area contributed by atoms with Crippen molar-refractivity contribution in [2.24, 2.45) is 0 Å². The first-order chi connectivity index (χ1) is 10.6. The highest BCUT2D eigenvalue weighted by molar-refractivity contribution is 5.75. The Morgan fingerprint density at radius 1 is 1.05 bits per heavy atom. The minimum Gasteiger partial charge on any atom is -0.206 e. The molecule has 22 heavy (non-hydrogen) atoms. The van der Waals surface area contributed by atoms with Crippen LogP contribution in [0.5, 0.6) is 0 Å². The van der Waals surface area contributed by atoms with Crippen LogP contribution in [0.4, 0.5) is 4.39 Å². The molecule has 0 heterocycles. The number of hydrogen-bond donors (Lipinski definition) is 0. The van der Waals surface area contributed by atoms with Gasteiger partial charge in [0.1, 0.15) is 5.82 Å². The minimum absolute atomic E-state index is 0.228. The summed E-state index contributed by atoms with van der Waals surface area (Å²) in [6.07, 6.45) is 4.77. The van der Waals surface area contributed by atoms with E-state index in [-0.39, 0.29) is 5.82 Å². The summed E-state index contributed by atoms with van der Waals surface area (Å²) < 4.78 is 14.2. The van der Waals surface area contributed by atoms with E-state index in [1.54, 1.807) is 12.1 Å². The Morgan fingerprint density at radius 3 is 2.18 bits per heavy atom. The first-order valence-electron chi connectivity index (χ1n) is 7.34. The second-order valence-corrected chi connectivity index (χ2v) is 4.90. The van der Waals surface area contributed by atoms with E-state index in [2.05, 4.69) is 19.7 Å². The van der Waals surface area contributed by atoms with Crippen LogP contribution in [0.25, 0.3) is 16.7 Å². The largest absolute Gasteiger partial charge is 0.206 e. The van der Waals surface area contributed by atoms with Gasteiger partial charge in [-0.15, -0.1) is 13.2 Å². The van der Waals surface area contributed by atoms with E-state index >= 15 is 0 Å². The monoisotopic (exact) mass is 294 g/mol. The Bertz CT molecular complexity index is 648. The molecule has 2 aromatic rings. The van der Waals surface area contributed by atoms with Crippen molar-refractivity contribution in [3.05, 3.63) is 91.3 Å². The summed E-state index contributed by atoms with van der Waals surface area (Å²) in [5, 5.41) is 0. The van der Waals surface area contributed by atoms with Crippen molar-refractivity contribution in [2.45, 2.75) is 20.3 Å². The number of hydrogen-bond acceptors (Lipinski definition) is 0. The fraction of sp³-hybridized carbons (Fsp3) is 0.143. The van der Waals surface area contributed by atoms with Gasteiger partial charge in [0.2, 0.25) is 0 Å². The first kappa shape index (κ1) is 17.6. The zero-order valence-corrected chi connectivity index (χ0v) is 13.4. The fourth-order valence-corrected chi connectivity index (χ4v) is 2.05. The summed E-state index contributed by atoms with van der Waals surface area (Å²) in [6, 6.07) is 13.4. The van der Waals surface area contributed by atoms with Crippen molar-refractivity contribution in [2.75, 3.05) is 0 Å². The van der Waals surface area contributed by atoms with E-state index in [1.165, 1.54) is 5.56 Å². The lowest BCUT2D eigenvalue weighted by atomic mass is 9.99. The van der Waals surface area contributed by atoms with Crippen LogP contribution in [0.15, 0.2) is 74.4 Å². The molecular formula is C21H23F. The van der Waals surface area contributed by atoms with Gasteiger partial charge in [0.25, 0.3) is 0 Å². The third kappa shape index (κ3) is 4.56. The third-order valence-electron chi connectivity index (χ3n) is 3.25. The second-order valence-electron chi connectivity index (χ2n) is 4.90. The van der Waals surface area contributed by atoms with Crippen molar-refractivity contribution in [1.82, 2.24) is 0 Å². The van der Waals surface area contributed by atoms with E-state index in [0.29, 0.717) is 11.1 Å². The SMILES string of the molecule is C=C.C=C(/C=C\CC)c1ccc(-c2ccc(C)cc2)cc1F. The van der Waals surface area contributed by atoms with Crippen LogP contribution in [0.2, 0.25) is 0 Å². The van der Waals surface area contributed by atoms with E-state index in [4.69, 9.17) is 0 Å². The van der Waals surface area contributed by atoms with Gasteiger partial charge in [-0.1, -0.05) is 67.6 Å². The van der Waals surface area contributed by atoms with Crippen LogP contribution in [0.3, 0.4) is 0 Å². The Balaban J connectivity index is 0.00000116. The van der Waals surface area contributed by atoms with E-state index in [9.17, 15) is 4.39 Å². The molecule has 0 unspecified atom stereocenters. The maximum absolute atomic E-state index is 14.2. The van der Waals surface area contributed by atoms with Gasteiger partial charge in [0.15, 0.2) is 0 Å². The number of allylic oxidation sites excluding steroid dienone is 3. The Labute approximate surface area is 133 Å². The summed E-state index contributed by atoms with van der Waals surface area (Å²) in [5.41, 5.74) is 4.38. The molecule has 0 aliphatic rings. The number of benzene rings is 2. The highest BCUT2D eigenvalue weighted by Crippen LogP contribution is 2.25. The Kier molecular flexibility index (Phi) is 7.04. The van der Waals surface area contributed by atoms with Crippen LogP contribution >= 0.6 is 0 Å². The van der Waals surface area contributed by atoms with Gasteiger partial charge in [-0.3, -0.25) is 0 Å². The van der Waals surface area contributed by atoms with Crippen LogP contribution in [-0.2, 0) is 0 Å². The van der Waals surface area contributed by atoms with E-state index in [0.717, 1.165) is 17.5 Å². The standard InChI is InChI=1S/C19H19F.C2H4/c1-4-5-6-15(3)18-12-11-17(13-19(18)20)16-9-7-14(2)8-10-16;1-2/h5-13H,3-4H2,1-2H3;1-2H2/b6-5-;. The summed E-state index contributed by atoms with van der Waals surface area (Å²) in [6.45, 7) is 14.0. The molecule has 114 valence electrons. The van der Waals surface area contributed by atoms with E-state index < -0.39 is 0 Å². The van der Waals surface area contributed by atoms with Gasteiger partial charge in [0.05, 0.1) is 0 Å². The lowest BCUT2D eigenvalue weighted by Crippen LogP contribution is -1.88. The quantitative estimate of drug-likeness (QED) is 0.441. The molecule has 0 aliphatic carbocycles. The van der Waals surface area contributed by atoms with Crippen molar-refractivity contribution >= 4 is 5.57 Å². The molecule has 0 fully saturated rings. The average molecular weight is 294 g/mol. The third-order valence-corrected chi connectivity index (χ3v) is 3.25. The number of aryl methyl sites for hydroxylation is 1. The fourth-order valence-electron chi connectivity index (χ4n) is 2.05. The lowest BCUT2D eigenvalue weighted by Gasteiger charge is -2.07. The van der Waals surface area contributed by atoms with Gasteiger partial charge in [-0.25, -0.2) is 4.39 Å². The maximum Gasteiger partial charge on any atom is 0.131 e. The normalized spacial score (nSPS) is 10.1. The highest BCUT2D eigenvalue weighted by Gasteiger charge is 2.06. The molecular weight excluding hydrogens is 271 g/mol. The first-order valence-corrected chi connectivity index (χ1v) is 7.34. The smallest absolute Gasteiger partial charge is 0.131 e. The molecule has 0 atom stereocenters. The van der Waals surface area contributed by atoms with Crippen molar-refractivity contribution < 1.29 is 4.39 Å². The van der Waals surface area contributed by atoms with Gasteiger partial charge in [-0.05, 0) is 36.1 Å². The average Bonchev–Trinajstić information content (AvgIpc) is 2.55. The van der Waals surface area contributed by atoms with E-state index in [1.807, 2.05) is 56.3 Å². The number of rotatable bonds is 4. The molecule has 0 amide bonds. The van der Waals surface area contributed by atoms with Gasteiger partial charge in [0, 0.05) is 5.56 Å². The molecule has 2 aromatic carbocycles. The number of halogens is 1. The van der Waals surface area contributed by atoms with Crippen LogP contribution < -0.4 is 0 Å². The zero-order chi connectivity index (χ0) is 16.5. The molecule has 2 rings (SSSR count). The Morgan fingerprint density at radius 2 is 1.64 bits per heavy atom. The van der Waals surface area contributed by atoms with Gasteiger partial charge in [-0.2, -0.15) is 0 Å². The second kappa shape index (κ2) is 8.78. The molecule has 0 aromatic heterocycles. The van der Waals surface area contributed by atoms with Crippen LogP contribution in [-0.4, -0.2) is 0 Å². The van der Waals surface area contributed by atoms with Crippen LogP contribution in [0.1, 0.15) is 24.5 Å². The molecule has 0 spiro atoms. The van der Waals surface area contributed by atoms with Gasteiger partial charge < -0.3 is 0 Å². The summed E-state index contributed by atoms with van der Waals surface area (Å²) in [5.74, 6) is -0.228. The summed E-state index contributed by atoms with van der Waals surface area (Å²) >= 11 is 0. The topological polar surface area (TPSA) is 0 Å². The summed E-state index contributed by atoms with van der Waals surface area (Å²) in [4.78, 5) is 0. The highest BCUT2D eigenvalue weighted by atomic mass is 19.1. The predicted octanol–water partition coefficient (Wildman–Crippen LogP) is 6.58. The zero-order valence-electron chi connectivity index (χ0n) is 13.4. The molecule has 1 heteroatoms. The molecule has 0 saturated carbocycles. The van der Waals surface area contributed by atoms with Crippen LogP contribution in [0, 0.1) is 12.7 Å². The molecule has 0 N–H and O–H groups in total. The predicted molar refractivity (Wildman–Crippen MR) is 96.3 cm³/mol. The summed E-state index contributed by atoms with van der Waals surface area (Å²) in [7, 11) is 0. The maximum atomic E-state index is 14.2. The van der Waals surface area contributed by atoms with Gasteiger partial charge >= 0.3 is 0 Å². The molecule has 0 nitrogen and oxygen atoms in total. The Hall–Kier alpha value is -2.41. The lowest BCUT2D eigenvalue weighted by molar-refractivity contribution is 0.625. The molecule has 0 radical (unpaired) electrons. The van der Waals surface area contributed by atoms with Crippen molar-refractivity contribution in [1.29, 1.82) is 0 Å². The molecule has 0 saturated heterocycles. The molecule has 0 aliphatic heterocycles. The van der Waals surface area contributed by atoms with Crippen molar-refractivity contribution in [3.63, 3.8) is 0 Å². The van der Waals surface area contributed by atoms with Crippen molar-refractivity contribution in [3.8, 4) is 11.1 Å².